The Labute approximate surface area is 139 Å². The molecule has 0 fully saturated rings. The number of benzene rings is 1. The van der Waals surface area contributed by atoms with Gasteiger partial charge in [0.25, 0.3) is 0 Å². The third kappa shape index (κ3) is 5.83. The molecule has 0 unspecified atom stereocenters. The lowest BCUT2D eigenvalue weighted by atomic mass is 10.1. The highest BCUT2D eigenvalue weighted by molar-refractivity contribution is 7.13. The maximum absolute atomic E-state index is 11.7. The summed E-state index contributed by atoms with van der Waals surface area (Å²) in [6, 6.07) is 7.61. The quantitative estimate of drug-likeness (QED) is 0.837. The molecule has 122 valence electrons. The summed E-state index contributed by atoms with van der Waals surface area (Å²) >= 11 is 1.42. The van der Waals surface area contributed by atoms with Crippen LogP contribution in [0, 0.1) is 0 Å². The first-order valence-corrected chi connectivity index (χ1v) is 8.16. The number of hydrogen-bond donors (Lipinski definition) is 1. The molecule has 0 radical (unpaired) electrons. The second kappa shape index (κ2) is 7.37. The molecule has 23 heavy (non-hydrogen) atoms. The monoisotopic (exact) mass is 332 g/mol. The lowest BCUT2D eigenvalue weighted by Crippen LogP contribution is -2.27. The molecular weight excluding hydrogens is 312 g/mol. The van der Waals surface area contributed by atoms with Gasteiger partial charge in [0.2, 0.25) is 0 Å². The number of carbonyl (C=O) groups excluding carboxylic acids is 2. The van der Waals surface area contributed by atoms with Gasteiger partial charge in [-0.05, 0) is 44.9 Å². The Morgan fingerprint density at radius 2 is 1.96 bits per heavy atom. The third-order valence-corrected chi connectivity index (χ3v) is 3.90. The maximum atomic E-state index is 11.7. The molecule has 0 aliphatic rings. The number of anilines is 1. The summed E-state index contributed by atoms with van der Waals surface area (Å²) < 4.78 is 5.20. The van der Waals surface area contributed by atoms with Crippen molar-refractivity contribution in [3.63, 3.8) is 0 Å². The van der Waals surface area contributed by atoms with Gasteiger partial charge in [0.05, 0.1) is 9.88 Å². The number of nitrogens with zero attached hydrogens (tertiary/aromatic N) is 1. The SMILES string of the molecule is CC(C)(C)OC(=O)Nc1ccc(CCc2ncc(C=O)s2)cc1. The molecular formula is C17H20N2O3S. The molecule has 0 spiro atoms. The van der Waals surface area contributed by atoms with E-state index in [0.29, 0.717) is 10.6 Å². The van der Waals surface area contributed by atoms with Gasteiger partial charge in [-0.15, -0.1) is 11.3 Å². The van der Waals surface area contributed by atoms with Crippen LogP contribution in [0.15, 0.2) is 30.5 Å². The van der Waals surface area contributed by atoms with Crippen LogP contribution in [0.2, 0.25) is 0 Å². The number of thiazole rings is 1. The molecule has 5 nitrogen and oxygen atoms in total. The van der Waals surface area contributed by atoms with E-state index in [9.17, 15) is 9.59 Å². The van der Waals surface area contributed by atoms with E-state index in [-0.39, 0.29) is 0 Å². The number of nitrogens with one attached hydrogen (secondary N) is 1. The van der Waals surface area contributed by atoms with Crippen LogP contribution in [0.1, 0.15) is 41.0 Å². The molecule has 1 N–H and O–H groups in total. The van der Waals surface area contributed by atoms with E-state index in [4.69, 9.17) is 4.74 Å². The van der Waals surface area contributed by atoms with Crippen LogP contribution in [0.5, 0.6) is 0 Å². The number of rotatable bonds is 5. The minimum Gasteiger partial charge on any atom is -0.444 e. The molecule has 0 saturated heterocycles. The molecule has 0 saturated carbocycles. The van der Waals surface area contributed by atoms with Gasteiger partial charge in [-0.2, -0.15) is 0 Å². The van der Waals surface area contributed by atoms with Gasteiger partial charge < -0.3 is 4.74 Å². The molecule has 6 heteroatoms. The van der Waals surface area contributed by atoms with Crippen molar-refractivity contribution in [3.05, 3.63) is 45.9 Å². The number of hydrogen-bond acceptors (Lipinski definition) is 5. The van der Waals surface area contributed by atoms with Gasteiger partial charge in [0, 0.05) is 18.3 Å². The molecule has 0 aliphatic carbocycles. The molecule has 1 amide bonds. The van der Waals surface area contributed by atoms with E-state index in [2.05, 4.69) is 10.3 Å². The summed E-state index contributed by atoms with van der Waals surface area (Å²) in [6.45, 7) is 5.47. The highest BCUT2D eigenvalue weighted by Crippen LogP contribution is 2.16. The van der Waals surface area contributed by atoms with Crippen LogP contribution in [0.25, 0.3) is 0 Å². The first kappa shape index (κ1) is 17.1. The number of aldehydes is 1. The van der Waals surface area contributed by atoms with E-state index in [1.165, 1.54) is 11.3 Å². The molecule has 1 aromatic heterocycles. The van der Waals surface area contributed by atoms with Crippen molar-refractivity contribution in [3.8, 4) is 0 Å². The summed E-state index contributed by atoms with van der Waals surface area (Å²) in [5.74, 6) is 0. The standard InChI is InChI=1S/C17H20N2O3S/c1-17(2,3)22-16(21)19-13-7-4-12(5-8-13)6-9-15-18-10-14(11-20)23-15/h4-5,7-8,10-11H,6,9H2,1-3H3,(H,19,21). The minimum atomic E-state index is -0.516. The summed E-state index contributed by atoms with van der Waals surface area (Å²) in [7, 11) is 0. The highest BCUT2D eigenvalue weighted by Gasteiger charge is 2.16. The van der Waals surface area contributed by atoms with E-state index >= 15 is 0 Å². The zero-order valence-corrected chi connectivity index (χ0v) is 14.3. The Morgan fingerprint density at radius 1 is 1.26 bits per heavy atom. The lowest BCUT2D eigenvalue weighted by molar-refractivity contribution is 0.0636. The lowest BCUT2D eigenvalue weighted by Gasteiger charge is -2.19. The van der Waals surface area contributed by atoms with E-state index in [1.54, 1.807) is 6.20 Å². The molecule has 2 rings (SSSR count). The third-order valence-electron chi connectivity index (χ3n) is 2.91. The van der Waals surface area contributed by atoms with Gasteiger partial charge in [0.1, 0.15) is 5.60 Å². The molecule has 2 aromatic rings. The zero-order chi connectivity index (χ0) is 16.9. The van der Waals surface area contributed by atoms with E-state index in [0.717, 1.165) is 29.7 Å². The smallest absolute Gasteiger partial charge is 0.412 e. The molecule has 1 heterocycles. The molecule has 0 atom stereocenters. The van der Waals surface area contributed by atoms with Crippen molar-refractivity contribution in [2.75, 3.05) is 5.32 Å². The Bertz CT molecular complexity index is 672. The first-order chi connectivity index (χ1) is 10.9. The van der Waals surface area contributed by atoms with Gasteiger partial charge in [-0.1, -0.05) is 12.1 Å². The van der Waals surface area contributed by atoms with Crippen LogP contribution >= 0.6 is 11.3 Å². The number of amides is 1. The van der Waals surface area contributed by atoms with Crippen molar-refractivity contribution in [2.45, 2.75) is 39.2 Å². The largest absolute Gasteiger partial charge is 0.444 e. The number of carbonyl (C=O) groups is 2. The van der Waals surface area contributed by atoms with Crippen molar-refractivity contribution in [2.24, 2.45) is 0 Å². The predicted octanol–water partition coefficient (Wildman–Crippen LogP) is 4.09. The van der Waals surface area contributed by atoms with Crippen molar-refractivity contribution < 1.29 is 14.3 Å². The Hall–Kier alpha value is -2.21. The number of ether oxygens (including phenoxy) is 1. The summed E-state index contributed by atoms with van der Waals surface area (Å²) in [5.41, 5.74) is 1.32. The Balaban J connectivity index is 1.86. The van der Waals surface area contributed by atoms with Crippen LogP contribution in [0.3, 0.4) is 0 Å². The second-order valence-electron chi connectivity index (χ2n) is 6.10. The van der Waals surface area contributed by atoms with Gasteiger partial charge in [-0.25, -0.2) is 9.78 Å². The number of aryl methyl sites for hydroxylation is 2. The van der Waals surface area contributed by atoms with Crippen LogP contribution < -0.4 is 5.32 Å². The fourth-order valence-electron chi connectivity index (χ4n) is 1.92. The van der Waals surface area contributed by atoms with Gasteiger partial charge in [-0.3, -0.25) is 10.1 Å². The molecule has 0 bridgehead atoms. The van der Waals surface area contributed by atoms with Crippen molar-refractivity contribution in [1.82, 2.24) is 4.98 Å². The van der Waals surface area contributed by atoms with E-state index in [1.807, 2.05) is 45.0 Å². The Morgan fingerprint density at radius 3 is 2.52 bits per heavy atom. The summed E-state index contributed by atoms with van der Waals surface area (Å²) in [5, 5.41) is 3.65. The topological polar surface area (TPSA) is 68.3 Å². The Kier molecular flexibility index (Phi) is 5.50. The highest BCUT2D eigenvalue weighted by atomic mass is 32.1. The van der Waals surface area contributed by atoms with Crippen molar-refractivity contribution >= 4 is 29.4 Å². The van der Waals surface area contributed by atoms with E-state index < -0.39 is 11.7 Å². The zero-order valence-electron chi connectivity index (χ0n) is 13.5. The average Bonchev–Trinajstić information content (AvgIpc) is 2.92. The average molecular weight is 332 g/mol. The first-order valence-electron chi connectivity index (χ1n) is 7.34. The molecule has 1 aromatic carbocycles. The van der Waals surface area contributed by atoms with Crippen LogP contribution in [-0.2, 0) is 17.6 Å². The van der Waals surface area contributed by atoms with Crippen LogP contribution in [-0.4, -0.2) is 23.0 Å². The normalized spacial score (nSPS) is 11.1. The summed E-state index contributed by atoms with van der Waals surface area (Å²) in [4.78, 5) is 27.2. The van der Waals surface area contributed by atoms with Gasteiger partial charge in [0.15, 0.2) is 6.29 Å². The number of aromatic nitrogens is 1. The maximum Gasteiger partial charge on any atom is 0.412 e. The second-order valence-corrected chi connectivity index (χ2v) is 7.24. The minimum absolute atomic E-state index is 0.463. The predicted molar refractivity (Wildman–Crippen MR) is 91.2 cm³/mol. The molecule has 0 aliphatic heterocycles. The van der Waals surface area contributed by atoms with Gasteiger partial charge >= 0.3 is 6.09 Å². The fraction of sp³-hybridized carbons (Fsp3) is 0.353. The van der Waals surface area contributed by atoms with Crippen molar-refractivity contribution in [1.29, 1.82) is 0 Å². The fourth-order valence-corrected chi connectivity index (χ4v) is 2.66. The van der Waals surface area contributed by atoms with Crippen LogP contribution in [0.4, 0.5) is 10.5 Å². The summed E-state index contributed by atoms with van der Waals surface area (Å²) in [6.07, 6.45) is 3.57.